The molecule has 0 fully saturated rings. The van der Waals surface area contributed by atoms with Crippen molar-refractivity contribution < 1.29 is 9.13 Å². The third-order valence-electron chi connectivity index (χ3n) is 1.27. The second kappa shape index (κ2) is 4.27. The first-order valence-corrected chi connectivity index (χ1v) is 3.62. The van der Waals surface area contributed by atoms with E-state index in [0.717, 1.165) is 0 Å². The van der Waals surface area contributed by atoms with Gasteiger partial charge in [0.15, 0.2) is 5.82 Å². The molecule has 0 saturated carbocycles. The molecule has 68 valence electrons. The van der Waals surface area contributed by atoms with Crippen LogP contribution in [0.4, 0.5) is 10.1 Å². The molecule has 0 saturated heterocycles. The summed E-state index contributed by atoms with van der Waals surface area (Å²) in [5, 5.41) is 3.13. The highest BCUT2D eigenvalue weighted by molar-refractivity contribution is 5.41. The van der Waals surface area contributed by atoms with Crippen LogP contribution in [0.15, 0.2) is 17.4 Å². The summed E-state index contributed by atoms with van der Waals surface area (Å²) >= 11 is 0. The fourth-order valence-corrected chi connectivity index (χ4v) is 0.778. The summed E-state index contributed by atoms with van der Waals surface area (Å²) in [4.78, 5) is 6.10. The number of hydrogen-bond donors (Lipinski definition) is 0. The van der Waals surface area contributed by atoms with Crippen molar-refractivity contribution in [3.63, 3.8) is 0 Å². The average molecular weight is 182 g/mol. The van der Waals surface area contributed by atoms with Gasteiger partial charge in [-0.05, 0) is 18.5 Å². The fourth-order valence-electron chi connectivity index (χ4n) is 0.778. The molecule has 0 aliphatic carbocycles. The largest absolute Gasteiger partial charge is 0.476 e. The lowest BCUT2D eigenvalue weighted by molar-refractivity contribution is 0.308. The van der Waals surface area contributed by atoms with E-state index in [1.54, 1.807) is 6.92 Å². The van der Waals surface area contributed by atoms with Crippen molar-refractivity contribution in [2.75, 3.05) is 6.61 Å². The van der Waals surface area contributed by atoms with E-state index in [9.17, 15) is 4.39 Å². The van der Waals surface area contributed by atoms with Crippen molar-refractivity contribution in [1.29, 1.82) is 0 Å². The summed E-state index contributed by atoms with van der Waals surface area (Å²) in [6.45, 7) is 2.02. The molecule has 1 aromatic heterocycles. The summed E-state index contributed by atoms with van der Waals surface area (Å²) in [5.41, 5.74) is 7.99. The standard InChI is InChI=1S/C7H7FN4O/c1-2-13-7-6(8)5(11-12-9)3-4-10-7/h3-4H,2H2,1H3. The van der Waals surface area contributed by atoms with E-state index in [1.807, 2.05) is 0 Å². The summed E-state index contributed by atoms with van der Waals surface area (Å²) in [5.74, 6) is -0.880. The normalized spacial score (nSPS) is 9.08. The molecule has 0 unspecified atom stereocenters. The number of rotatable bonds is 3. The summed E-state index contributed by atoms with van der Waals surface area (Å²) in [6.07, 6.45) is 1.32. The first-order chi connectivity index (χ1) is 6.29. The molecule has 0 N–H and O–H groups in total. The van der Waals surface area contributed by atoms with Gasteiger partial charge in [0.25, 0.3) is 5.88 Å². The zero-order chi connectivity index (χ0) is 9.68. The highest BCUT2D eigenvalue weighted by Gasteiger charge is 2.08. The maximum absolute atomic E-state index is 13.2. The molecule has 5 nitrogen and oxygen atoms in total. The fraction of sp³-hybridized carbons (Fsp3) is 0.286. The van der Waals surface area contributed by atoms with Gasteiger partial charge in [-0.1, -0.05) is 5.11 Å². The van der Waals surface area contributed by atoms with Gasteiger partial charge in [-0.15, -0.1) is 0 Å². The summed E-state index contributed by atoms with van der Waals surface area (Å²) in [6, 6.07) is 1.28. The number of hydrogen-bond acceptors (Lipinski definition) is 3. The Morgan fingerprint density at radius 2 is 2.54 bits per heavy atom. The molecule has 0 aliphatic heterocycles. The van der Waals surface area contributed by atoms with E-state index in [0.29, 0.717) is 6.61 Å². The van der Waals surface area contributed by atoms with Crippen LogP contribution in [0, 0.1) is 5.82 Å². The number of nitrogens with zero attached hydrogens (tertiary/aromatic N) is 4. The lowest BCUT2D eigenvalue weighted by atomic mass is 10.4. The van der Waals surface area contributed by atoms with E-state index >= 15 is 0 Å². The Balaban J connectivity index is 3.10. The van der Waals surface area contributed by atoms with Crippen LogP contribution in [-0.4, -0.2) is 11.6 Å². The van der Waals surface area contributed by atoms with Crippen molar-refractivity contribution in [3.8, 4) is 5.88 Å². The van der Waals surface area contributed by atoms with Gasteiger partial charge in [-0.3, -0.25) is 0 Å². The maximum Gasteiger partial charge on any atom is 0.250 e. The van der Waals surface area contributed by atoms with Gasteiger partial charge in [-0.2, -0.15) is 0 Å². The topological polar surface area (TPSA) is 70.9 Å². The molecule has 0 radical (unpaired) electrons. The number of aromatic nitrogens is 1. The van der Waals surface area contributed by atoms with Crippen LogP contribution in [0.25, 0.3) is 10.4 Å². The van der Waals surface area contributed by atoms with Crippen LogP contribution in [-0.2, 0) is 0 Å². The molecule has 6 heteroatoms. The summed E-state index contributed by atoms with van der Waals surface area (Å²) in [7, 11) is 0. The Bertz CT molecular complexity index is 348. The molecule has 0 spiro atoms. The lowest BCUT2D eigenvalue weighted by Crippen LogP contribution is -1.96. The molecule has 0 bridgehead atoms. The third-order valence-corrected chi connectivity index (χ3v) is 1.27. The Kier molecular flexibility index (Phi) is 3.05. The van der Waals surface area contributed by atoms with E-state index in [2.05, 4.69) is 15.0 Å². The maximum atomic E-state index is 13.2. The van der Waals surface area contributed by atoms with E-state index in [-0.39, 0.29) is 11.6 Å². The smallest absolute Gasteiger partial charge is 0.250 e. The van der Waals surface area contributed by atoms with Crippen LogP contribution in [0.1, 0.15) is 6.92 Å². The predicted molar refractivity (Wildman–Crippen MR) is 44.2 cm³/mol. The highest BCUT2D eigenvalue weighted by Crippen LogP contribution is 2.23. The number of azide groups is 1. The van der Waals surface area contributed by atoms with Crippen molar-refractivity contribution in [3.05, 3.63) is 28.5 Å². The quantitative estimate of drug-likeness (QED) is 0.409. The number of ether oxygens (including phenoxy) is 1. The molecule has 13 heavy (non-hydrogen) atoms. The minimum Gasteiger partial charge on any atom is -0.476 e. The van der Waals surface area contributed by atoms with Crippen molar-refractivity contribution in [1.82, 2.24) is 4.98 Å². The minimum absolute atomic E-state index is 0.110. The van der Waals surface area contributed by atoms with Gasteiger partial charge in [0.1, 0.15) is 0 Å². The molecule has 1 aromatic rings. The molecule has 0 aromatic carbocycles. The van der Waals surface area contributed by atoms with Crippen LogP contribution < -0.4 is 4.74 Å². The lowest BCUT2D eigenvalue weighted by Gasteiger charge is -2.03. The zero-order valence-electron chi connectivity index (χ0n) is 6.94. The van der Waals surface area contributed by atoms with Crippen molar-refractivity contribution in [2.24, 2.45) is 5.11 Å². The van der Waals surface area contributed by atoms with Crippen LogP contribution >= 0.6 is 0 Å². The molecule has 1 heterocycles. The monoisotopic (exact) mass is 182 g/mol. The Morgan fingerprint density at radius 1 is 1.77 bits per heavy atom. The third kappa shape index (κ3) is 2.07. The molecule has 1 rings (SSSR count). The molecular weight excluding hydrogens is 175 g/mol. The Labute approximate surface area is 73.8 Å². The predicted octanol–water partition coefficient (Wildman–Crippen LogP) is 2.56. The number of pyridine rings is 1. The van der Waals surface area contributed by atoms with E-state index in [4.69, 9.17) is 10.3 Å². The number of halogens is 1. The van der Waals surface area contributed by atoms with Crippen LogP contribution in [0.5, 0.6) is 5.88 Å². The SMILES string of the molecule is CCOc1nccc(N=[N+]=[N-])c1F. The highest BCUT2D eigenvalue weighted by atomic mass is 19.1. The van der Waals surface area contributed by atoms with Crippen molar-refractivity contribution >= 4 is 5.69 Å². The van der Waals surface area contributed by atoms with Gasteiger partial charge >= 0.3 is 0 Å². The van der Waals surface area contributed by atoms with Gasteiger partial charge in [0.2, 0.25) is 0 Å². The Morgan fingerprint density at radius 3 is 3.15 bits per heavy atom. The van der Waals surface area contributed by atoms with Crippen LogP contribution in [0.2, 0.25) is 0 Å². The Hall–Kier alpha value is -1.81. The van der Waals surface area contributed by atoms with Gasteiger partial charge in [0.05, 0.1) is 12.3 Å². The molecule has 0 atom stereocenters. The first kappa shape index (κ1) is 9.28. The zero-order valence-corrected chi connectivity index (χ0v) is 6.94. The van der Waals surface area contributed by atoms with Crippen molar-refractivity contribution in [2.45, 2.75) is 6.92 Å². The second-order valence-electron chi connectivity index (χ2n) is 2.07. The van der Waals surface area contributed by atoms with E-state index < -0.39 is 5.82 Å². The molecule has 0 amide bonds. The molecular formula is C7H7FN4O. The summed E-state index contributed by atoms with van der Waals surface area (Å²) < 4.78 is 18.0. The van der Waals surface area contributed by atoms with Crippen LogP contribution in [0.3, 0.4) is 0 Å². The first-order valence-electron chi connectivity index (χ1n) is 3.62. The van der Waals surface area contributed by atoms with Gasteiger partial charge < -0.3 is 4.74 Å². The van der Waals surface area contributed by atoms with Gasteiger partial charge in [0, 0.05) is 11.1 Å². The average Bonchev–Trinajstić information content (AvgIpc) is 2.13. The van der Waals surface area contributed by atoms with Gasteiger partial charge in [-0.25, -0.2) is 9.37 Å². The second-order valence-corrected chi connectivity index (χ2v) is 2.07. The minimum atomic E-state index is -0.734. The van der Waals surface area contributed by atoms with E-state index in [1.165, 1.54) is 12.3 Å². The molecule has 0 aliphatic rings.